The van der Waals surface area contributed by atoms with Crippen molar-refractivity contribution in [3.8, 4) is 0 Å². The summed E-state index contributed by atoms with van der Waals surface area (Å²) in [5.41, 5.74) is 0.338. The van der Waals surface area contributed by atoms with Gasteiger partial charge in [0.1, 0.15) is 12.0 Å². The molecule has 1 aromatic heterocycles. The minimum atomic E-state index is -3.37. The van der Waals surface area contributed by atoms with Crippen LogP contribution in [0.2, 0.25) is 0 Å². The van der Waals surface area contributed by atoms with Crippen LogP contribution in [-0.4, -0.2) is 103 Å². The Labute approximate surface area is 160 Å². The number of hydrogen-bond acceptors (Lipinski definition) is 7. The molecule has 2 saturated heterocycles. The van der Waals surface area contributed by atoms with Crippen molar-refractivity contribution in [2.75, 3.05) is 58.7 Å². The predicted octanol–water partition coefficient (Wildman–Crippen LogP) is -0.325. The minimum absolute atomic E-state index is 0.177. The van der Waals surface area contributed by atoms with E-state index in [0.717, 1.165) is 25.9 Å². The first-order valence-electron chi connectivity index (χ1n) is 9.27. The fourth-order valence-corrected chi connectivity index (χ4v) is 4.76. The van der Waals surface area contributed by atoms with E-state index in [2.05, 4.69) is 14.9 Å². The third-order valence-electron chi connectivity index (χ3n) is 5.06. The zero-order valence-corrected chi connectivity index (χ0v) is 16.5. The molecular weight excluding hydrogens is 370 g/mol. The van der Waals surface area contributed by atoms with Gasteiger partial charge in [0.15, 0.2) is 0 Å². The molecule has 2 aliphatic rings. The highest BCUT2D eigenvalue weighted by atomic mass is 32.2. The molecule has 27 heavy (non-hydrogen) atoms. The average Bonchev–Trinajstić information content (AvgIpc) is 2.68. The van der Waals surface area contributed by atoms with Gasteiger partial charge in [-0.1, -0.05) is 0 Å². The number of amides is 1. The molecule has 3 heterocycles. The molecule has 0 bridgehead atoms. The van der Waals surface area contributed by atoms with Gasteiger partial charge in [-0.2, -0.15) is 4.31 Å². The summed E-state index contributed by atoms with van der Waals surface area (Å²) in [6.45, 7) is 5.11. The third kappa shape index (κ3) is 5.44. The lowest BCUT2D eigenvalue weighted by molar-refractivity contribution is 0.0334. The van der Waals surface area contributed by atoms with Crippen molar-refractivity contribution in [1.82, 2.24) is 24.1 Å². The van der Waals surface area contributed by atoms with Crippen LogP contribution in [0, 0.1) is 0 Å². The van der Waals surface area contributed by atoms with Crippen LogP contribution in [0.3, 0.4) is 0 Å². The quantitative estimate of drug-likeness (QED) is 0.649. The van der Waals surface area contributed by atoms with Crippen LogP contribution in [0.5, 0.6) is 0 Å². The van der Waals surface area contributed by atoms with Gasteiger partial charge in [0.2, 0.25) is 10.0 Å². The van der Waals surface area contributed by atoms with E-state index in [4.69, 9.17) is 4.74 Å². The molecule has 1 aromatic rings. The maximum atomic E-state index is 12.7. The smallest absolute Gasteiger partial charge is 0.272 e. The molecule has 10 heteroatoms. The molecule has 0 aliphatic carbocycles. The Morgan fingerprint density at radius 3 is 2.78 bits per heavy atom. The van der Waals surface area contributed by atoms with Crippen LogP contribution in [-0.2, 0) is 14.8 Å². The lowest BCUT2D eigenvalue weighted by Gasteiger charge is -2.39. The highest BCUT2D eigenvalue weighted by Crippen LogP contribution is 2.20. The fraction of sp³-hybridized carbons (Fsp3) is 0.706. The number of aromatic nitrogens is 2. The Morgan fingerprint density at radius 2 is 2.11 bits per heavy atom. The third-order valence-corrected chi connectivity index (χ3v) is 6.39. The van der Waals surface area contributed by atoms with Gasteiger partial charge in [0.25, 0.3) is 5.91 Å². The average molecular weight is 398 g/mol. The van der Waals surface area contributed by atoms with Gasteiger partial charge in [-0.05, 0) is 18.9 Å². The molecule has 1 amide bonds. The minimum Gasteiger partial charge on any atom is -0.379 e. The Bertz CT molecular complexity index is 724. The summed E-state index contributed by atoms with van der Waals surface area (Å²) in [6.07, 6.45) is 5.65. The predicted molar refractivity (Wildman–Crippen MR) is 99.8 cm³/mol. The van der Waals surface area contributed by atoms with Gasteiger partial charge in [-0.25, -0.2) is 18.4 Å². The fourth-order valence-electron chi connectivity index (χ4n) is 3.64. The lowest BCUT2D eigenvalue weighted by atomic mass is 10.1. The molecule has 2 aliphatic heterocycles. The standard InChI is InChI=1S/C17H27N5O4S/c1-27(24,25)22(8-7-20-9-11-26-12-10-20)15-3-2-6-21(13-15)17(23)16-4-5-18-14-19-16/h4-5,14-15H,2-3,6-13H2,1H3. The van der Waals surface area contributed by atoms with Gasteiger partial charge in [0.05, 0.1) is 19.5 Å². The van der Waals surface area contributed by atoms with Crippen molar-refractivity contribution in [3.05, 3.63) is 24.3 Å². The molecule has 1 atom stereocenters. The second-order valence-electron chi connectivity index (χ2n) is 6.97. The SMILES string of the molecule is CS(=O)(=O)N(CCN1CCOCC1)C1CCCN(C(=O)c2ccncn2)C1. The Balaban J connectivity index is 1.65. The lowest BCUT2D eigenvalue weighted by Crippen LogP contribution is -2.53. The molecule has 0 spiro atoms. The van der Waals surface area contributed by atoms with E-state index in [0.29, 0.717) is 45.1 Å². The summed E-state index contributed by atoms with van der Waals surface area (Å²) in [4.78, 5) is 24.4. The second kappa shape index (κ2) is 9.05. The molecule has 0 N–H and O–H groups in total. The van der Waals surface area contributed by atoms with E-state index in [1.807, 2.05) is 0 Å². The number of nitrogens with zero attached hydrogens (tertiary/aromatic N) is 5. The van der Waals surface area contributed by atoms with Gasteiger partial charge in [-0.3, -0.25) is 9.69 Å². The number of carbonyl (C=O) groups is 1. The van der Waals surface area contributed by atoms with Crippen molar-refractivity contribution in [1.29, 1.82) is 0 Å². The zero-order valence-electron chi connectivity index (χ0n) is 15.7. The van der Waals surface area contributed by atoms with Crippen molar-refractivity contribution in [3.63, 3.8) is 0 Å². The summed E-state index contributed by atoms with van der Waals surface area (Å²) in [5, 5.41) is 0. The zero-order chi connectivity index (χ0) is 19.3. The number of carbonyl (C=O) groups excluding carboxylic acids is 1. The van der Waals surface area contributed by atoms with Gasteiger partial charge in [0, 0.05) is 51.5 Å². The molecule has 0 saturated carbocycles. The maximum absolute atomic E-state index is 12.7. The number of likely N-dealkylation sites (tertiary alicyclic amines) is 1. The molecule has 3 rings (SSSR count). The van der Waals surface area contributed by atoms with Crippen molar-refractivity contribution in [2.24, 2.45) is 0 Å². The number of ether oxygens (including phenoxy) is 1. The highest BCUT2D eigenvalue weighted by molar-refractivity contribution is 7.88. The van der Waals surface area contributed by atoms with E-state index in [1.165, 1.54) is 18.8 Å². The van der Waals surface area contributed by atoms with Gasteiger partial charge < -0.3 is 9.64 Å². The monoisotopic (exact) mass is 397 g/mol. The summed E-state index contributed by atoms with van der Waals surface area (Å²) in [5.74, 6) is -0.177. The van der Waals surface area contributed by atoms with Crippen LogP contribution in [0.4, 0.5) is 0 Å². The number of hydrogen-bond donors (Lipinski definition) is 0. The van der Waals surface area contributed by atoms with E-state index >= 15 is 0 Å². The molecule has 0 radical (unpaired) electrons. The van der Waals surface area contributed by atoms with Crippen molar-refractivity contribution >= 4 is 15.9 Å². The van der Waals surface area contributed by atoms with Crippen LogP contribution in [0.1, 0.15) is 23.3 Å². The molecule has 1 unspecified atom stereocenters. The molecule has 150 valence electrons. The van der Waals surface area contributed by atoms with Crippen molar-refractivity contribution < 1.29 is 17.9 Å². The van der Waals surface area contributed by atoms with Crippen LogP contribution >= 0.6 is 0 Å². The summed E-state index contributed by atoms with van der Waals surface area (Å²) >= 11 is 0. The first-order valence-corrected chi connectivity index (χ1v) is 11.1. The first kappa shape index (κ1) is 20.1. The summed E-state index contributed by atoms with van der Waals surface area (Å²) in [6, 6.07) is 1.37. The van der Waals surface area contributed by atoms with Crippen LogP contribution in [0.25, 0.3) is 0 Å². The number of rotatable bonds is 6. The van der Waals surface area contributed by atoms with E-state index in [1.54, 1.807) is 15.3 Å². The Morgan fingerprint density at radius 1 is 1.33 bits per heavy atom. The Kier molecular flexibility index (Phi) is 6.74. The molecule has 9 nitrogen and oxygen atoms in total. The first-order chi connectivity index (χ1) is 12.9. The molecular formula is C17H27N5O4S. The van der Waals surface area contributed by atoms with Crippen LogP contribution < -0.4 is 0 Å². The number of sulfonamides is 1. The van der Waals surface area contributed by atoms with E-state index in [9.17, 15) is 13.2 Å². The molecule has 0 aromatic carbocycles. The van der Waals surface area contributed by atoms with E-state index in [-0.39, 0.29) is 11.9 Å². The number of morpholine rings is 1. The normalized spacial score (nSPS) is 22.1. The summed E-state index contributed by atoms with van der Waals surface area (Å²) in [7, 11) is -3.37. The largest absolute Gasteiger partial charge is 0.379 e. The van der Waals surface area contributed by atoms with Crippen LogP contribution in [0.15, 0.2) is 18.6 Å². The van der Waals surface area contributed by atoms with Gasteiger partial charge >= 0.3 is 0 Å². The molecule has 2 fully saturated rings. The Hall–Kier alpha value is -1.62. The van der Waals surface area contributed by atoms with Gasteiger partial charge in [-0.15, -0.1) is 0 Å². The van der Waals surface area contributed by atoms with Crippen molar-refractivity contribution in [2.45, 2.75) is 18.9 Å². The maximum Gasteiger partial charge on any atom is 0.272 e. The highest BCUT2D eigenvalue weighted by Gasteiger charge is 2.33. The second-order valence-corrected chi connectivity index (χ2v) is 8.90. The number of piperidine rings is 1. The van der Waals surface area contributed by atoms with E-state index < -0.39 is 10.0 Å². The summed E-state index contributed by atoms with van der Waals surface area (Å²) < 4.78 is 31.7. The topological polar surface area (TPSA) is 95.9 Å².